The molecular formula is C19H28N4. The monoisotopic (exact) mass is 312 g/mol. The second-order valence-electron chi connectivity index (χ2n) is 6.96. The molecule has 0 bridgehead atoms. The Labute approximate surface area is 140 Å². The van der Waals surface area contributed by atoms with Crippen LogP contribution in [-0.4, -0.2) is 23.6 Å². The second kappa shape index (κ2) is 7.44. The quantitative estimate of drug-likeness (QED) is 0.835. The summed E-state index contributed by atoms with van der Waals surface area (Å²) in [6.45, 7) is 9.86. The van der Waals surface area contributed by atoms with Gasteiger partial charge in [-0.3, -0.25) is 0 Å². The fourth-order valence-electron chi connectivity index (χ4n) is 2.52. The van der Waals surface area contributed by atoms with Crippen LogP contribution in [0.5, 0.6) is 0 Å². The SMILES string of the molecule is CCCCN(C)c1cc(Nc2ccccc2C(C)(C)C)ncn1. The highest BCUT2D eigenvalue weighted by Gasteiger charge is 2.17. The van der Waals surface area contributed by atoms with Gasteiger partial charge in [-0.2, -0.15) is 0 Å². The predicted octanol–water partition coefficient (Wildman–Crippen LogP) is 4.75. The first kappa shape index (κ1) is 17.3. The van der Waals surface area contributed by atoms with Crippen molar-refractivity contribution >= 4 is 17.3 Å². The Kier molecular flexibility index (Phi) is 5.59. The Hall–Kier alpha value is -2.10. The molecule has 4 heteroatoms. The average molecular weight is 312 g/mol. The lowest BCUT2D eigenvalue weighted by Crippen LogP contribution is -2.20. The highest BCUT2D eigenvalue weighted by Crippen LogP contribution is 2.31. The van der Waals surface area contributed by atoms with E-state index in [1.54, 1.807) is 6.33 Å². The van der Waals surface area contributed by atoms with Gasteiger partial charge in [0, 0.05) is 25.3 Å². The van der Waals surface area contributed by atoms with Crippen molar-refractivity contribution in [3.8, 4) is 0 Å². The molecule has 124 valence electrons. The van der Waals surface area contributed by atoms with Gasteiger partial charge < -0.3 is 10.2 Å². The maximum atomic E-state index is 4.38. The Morgan fingerprint density at radius 1 is 1.13 bits per heavy atom. The van der Waals surface area contributed by atoms with Crippen LogP contribution < -0.4 is 10.2 Å². The van der Waals surface area contributed by atoms with Crippen molar-refractivity contribution in [3.63, 3.8) is 0 Å². The lowest BCUT2D eigenvalue weighted by atomic mass is 9.86. The van der Waals surface area contributed by atoms with Gasteiger partial charge >= 0.3 is 0 Å². The van der Waals surface area contributed by atoms with E-state index in [4.69, 9.17) is 0 Å². The smallest absolute Gasteiger partial charge is 0.135 e. The first-order valence-electron chi connectivity index (χ1n) is 8.31. The summed E-state index contributed by atoms with van der Waals surface area (Å²) < 4.78 is 0. The van der Waals surface area contributed by atoms with Crippen molar-refractivity contribution in [1.29, 1.82) is 0 Å². The molecule has 0 radical (unpaired) electrons. The number of aromatic nitrogens is 2. The van der Waals surface area contributed by atoms with Crippen molar-refractivity contribution in [2.24, 2.45) is 0 Å². The molecular weight excluding hydrogens is 284 g/mol. The fourth-order valence-corrected chi connectivity index (χ4v) is 2.52. The highest BCUT2D eigenvalue weighted by molar-refractivity contribution is 5.64. The van der Waals surface area contributed by atoms with Gasteiger partial charge in [0.25, 0.3) is 0 Å². The number of hydrogen-bond donors (Lipinski definition) is 1. The predicted molar refractivity (Wildman–Crippen MR) is 98.6 cm³/mol. The van der Waals surface area contributed by atoms with E-state index in [2.05, 4.69) is 73.1 Å². The fraction of sp³-hybridized carbons (Fsp3) is 0.474. The summed E-state index contributed by atoms with van der Waals surface area (Å²) in [5.74, 6) is 1.78. The summed E-state index contributed by atoms with van der Waals surface area (Å²) in [5, 5.41) is 3.45. The molecule has 0 saturated heterocycles. The zero-order valence-corrected chi connectivity index (χ0v) is 14.9. The molecule has 0 spiro atoms. The van der Waals surface area contributed by atoms with Crippen molar-refractivity contribution in [2.45, 2.75) is 46.0 Å². The largest absolute Gasteiger partial charge is 0.360 e. The van der Waals surface area contributed by atoms with Crippen LogP contribution in [0, 0.1) is 0 Å². The van der Waals surface area contributed by atoms with E-state index >= 15 is 0 Å². The molecule has 2 rings (SSSR count). The van der Waals surface area contributed by atoms with Crippen LogP contribution in [0.25, 0.3) is 0 Å². The molecule has 0 amide bonds. The molecule has 0 aliphatic rings. The van der Waals surface area contributed by atoms with Crippen molar-refractivity contribution in [2.75, 3.05) is 23.8 Å². The molecule has 4 nitrogen and oxygen atoms in total. The molecule has 0 aliphatic heterocycles. The summed E-state index contributed by atoms with van der Waals surface area (Å²) in [7, 11) is 2.07. The molecule has 1 N–H and O–H groups in total. The van der Waals surface area contributed by atoms with E-state index in [1.807, 2.05) is 12.1 Å². The zero-order valence-electron chi connectivity index (χ0n) is 14.9. The first-order valence-corrected chi connectivity index (χ1v) is 8.31. The maximum Gasteiger partial charge on any atom is 0.135 e. The third-order valence-electron chi connectivity index (χ3n) is 3.89. The Balaban J connectivity index is 2.22. The second-order valence-corrected chi connectivity index (χ2v) is 6.96. The van der Waals surface area contributed by atoms with Gasteiger partial charge in [0.15, 0.2) is 0 Å². The highest BCUT2D eigenvalue weighted by atomic mass is 15.2. The van der Waals surface area contributed by atoms with Crippen LogP contribution >= 0.6 is 0 Å². The number of benzene rings is 1. The van der Waals surface area contributed by atoms with Crippen molar-refractivity contribution < 1.29 is 0 Å². The minimum atomic E-state index is 0.0807. The molecule has 0 aliphatic carbocycles. The molecule has 1 aromatic heterocycles. The van der Waals surface area contributed by atoms with Crippen molar-refractivity contribution in [1.82, 2.24) is 9.97 Å². The molecule has 1 heterocycles. The molecule has 0 atom stereocenters. The lowest BCUT2D eigenvalue weighted by molar-refractivity contribution is 0.592. The molecule has 0 unspecified atom stereocenters. The average Bonchev–Trinajstić information content (AvgIpc) is 2.52. The van der Waals surface area contributed by atoms with Gasteiger partial charge in [0.2, 0.25) is 0 Å². The van der Waals surface area contributed by atoms with Crippen LogP contribution in [0.2, 0.25) is 0 Å². The van der Waals surface area contributed by atoms with Crippen LogP contribution in [0.15, 0.2) is 36.7 Å². The van der Waals surface area contributed by atoms with Crippen molar-refractivity contribution in [3.05, 3.63) is 42.2 Å². The van der Waals surface area contributed by atoms with Gasteiger partial charge in [0.1, 0.15) is 18.0 Å². The lowest BCUT2D eigenvalue weighted by Gasteiger charge is -2.23. The van der Waals surface area contributed by atoms with Gasteiger partial charge in [-0.1, -0.05) is 52.3 Å². The maximum absolute atomic E-state index is 4.38. The number of rotatable bonds is 6. The number of para-hydroxylation sites is 1. The molecule has 0 saturated carbocycles. The zero-order chi connectivity index (χ0) is 16.9. The Bertz CT molecular complexity index is 631. The third kappa shape index (κ3) is 4.68. The van der Waals surface area contributed by atoms with E-state index in [1.165, 1.54) is 12.0 Å². The van der Waals surface area contributed by atoms with E-state index in [0.717, 1.165) is 30.3 Å². The molecule has 2 aromatic rings. The minimum Gasteiger partial charge on any atom is -0.360 e. The van der Waals surface area contributed by atoms with Crippen LogP contribution in [-0.2, 0) is 5.41 Å². The van der Waals surface area contributed by atoms with E-state index in [-0.39, 0.29) is 5.41 Å². The van der Waals surface area contributed by atoms with Gasteiger partial charge in [-0.05, 0) is 23.5 Å². The summed E-state index contributed by atoms with van der Waals surface area (Å²) in [4.78, 5) is 10.9. The summed E-state index contributed by atoms with van der Waals surface area (Å²) in [5.41, 5.74) is 2.46. The van der Waals surface area contributed by atoms with Gasteiger partial charge in [-0.25, -0.2) is 9.97 Å². The van der Waals surface area contributed by atoms with Crippen LogP contribution in [0.3, 0.4) is 0 Å². The third-order valence-corrected chi connectivity index (χ3v) is 3.89. The van der Waals surface area contributed by atoms with Gasteiger partial charge in [0.05, 0.1) is 0 Å². The number of unbranched alkanes of at least 4 members (excludes halogenated alkanes) is 1. The molecule has 0 fully saturated rings. The summed E-state index contributed by atoms with van der Waals surface area (Å²) >= 11 is 0. The van der Waals surface area contributed by atoms with E-state index in [0.29, 0.717) is 0 Å². The Morgan fingerprint density at radius 3 is 2.57 bits per heavy atom. The van der Waals surface area contributed by atoms with Crippen LogP contribution in [0.1, 0.15) is 46.1 Å². The number of anilines is 3. The topological polar surface area (TPSA) is 41.0 Å². The molecule has 1 aromatic carbocycles. The number of nitrogens with one attached hydrogen (secondary N) is 1. The number of hydrogen-bond acceptors (Lipinski definition) is 4. The normalized spacial score (nSPS) is 11.3. The summed E-state index contributed by atoms with van der Waals surface area (Å²) in [6.07, 6.45) is 3.97. The Morgan fingerprint density at radius 2 is 1.87 bits per heavy atom. The van der Waals surface area contributed by atoms with E-state index < -0.39 is 0 Å². The van der Waals surface area contributed by atoms with Crippen LogP contribution in [0.4, 0.5) is 17.3 Å². The van der Waals surface area contributed by atoms with Gasteiger partial charge in [-0.15, -0.1) is 0 Å². The molecule has 23 heavy (non-hydrogen) atoms. The standard InChI is InChI=1S/C19H28N4/c1-6-7-12-23(5)18-13-17(20-14-21-18)22-16-11-9-8-10-15(16)19(2,3)4/h8-11,13-14H,6-7,12H2,1-5H3,(H,20,21,22). The van der Waals surface area contributed by atoms with E-state index in [9.17, 15) is 0 Å². The minimum absolute atomic E-state index is 0.0807. The number of nitrogens with zero attached hydrogens (tertiary/aromatic N) is 3. The summed E-state index contributed by atoms with van der Waals surface area (Å²) in [6, 6.07) is 10.4. The first-order chi connectivity index (χ1) is 10.9.